The van der Waals surface area contributed by atoms with Crippen LogP contribution in [-0.2, 0) is 4.79 Å². The van der Waals surface area contributed by atoms with E-state index in [1.54, 1.807) is 13.8 Å². The minimum absolute atomic E-state index is 0.0245. The van der Waals surface area contributed by atoms with Crippen LogP contribution in [0.1, 0.15) is 44.8 Å². The molecule has 1 fully saturated rings. The third-order valence-corrected chi connectivity index (χ3v) is 3.63. The van der Waals surface area contributed by atoms with Crippen molar-refractivity contribution in [3.05, 3.63) is 17.8 Å². The lowest BCUT2D eigenvalue weighted by Crippen LogP contribution is -2.36. The molecule has 1 aromatic rings. The summed E-state index contributed by atoms with van der Waals surface area (Å²) in [5.74, 6) is 0.773. The number of hydrogen-bond acceptors (Lipinski definition) is 5. The van der Waals surface area contributed by atoms with E-state index in [2.05, 4.69) is 10.2 Å². The SMILES string of the molecule is CN(C)c1ccc(C2CCCN2C(=O)CC(C)(C)O)nn1. The third kappa shape index (κ3) is 3.91. The van der Waals surface area contributed by atoms with E-state index in [-0.39, 0.29) is 18.4 Å². The molecule has 116 valence electrons. The number of carbonyl (C=O) groups is 1. The minimum atomic E-state index is -0.981. The lowest BCUT2D eigenvalue weighted by molar-refractivity contribution is -0.136. The average Bonchev–Trinajstić information content (AvgIpc) is 2.86. The second kappa shape index (κ2) is 5.97. The number of amides is 1. The highest BCUT2D eigenvalue weighted by Crippen LogP contribution is 2.32. The van der Waals surface area contributed by atoms with Crippen LogP contribution in [0, 0.1) is 0 Å². The van der Waals surface area contributed by atoms with Gasteiger partial charge in [-0.05, 0) is 38.8 Å². The van der Waals surface area contributed by atoms with Crippen molar-refractivity contribution in [1.29, 1.82) is 0 Å². The highest BCUT2D eigenvalue weighted by Gasteiger charge is 2.33. The molecular weight excluding hydrogens is 268 g/mol. The zero-order valence-electron chi connectivity index (χ0n) is 13.2. The van der Waals surface area contributed by atoms with E-state index < -0.39 is 5.60 Å². The number of carbonyl (C=O) groups excluding carboxylic acids is 1. The maximum atomic E-state index is 12.3. The van der Waals surface area contributed by atoms with Crippen LogP contribution < -0.4 is 4.90 Å². The quantitative estimate of drug-likeness (QED) is 0.907. The van der Waals surface area contributed by atoms with Gasteiger partial charge in [0.2, 0.25) is 5.91 Å². The molecule has 21 heavy (non-hydrogen) atoms. The number of aliphatic hydroxyl groups is 1. The van der Waals surface area contributed by atoms with Crippen molar-refractivity contribution in [2.75, 3.05) is 25.5 Å². The second-order valence-corrected chi connectivity index (χ2v) is 6.45. The van der Waals surface area contributed by atoms with E-state index in [4.69, 9.17) is 0 Å². The molecule has 0 radical (unpaired) electrons. The number of anilines is 1. The number of aromatic nitrogens is 2. The fourth-order valence-electron chi connectivity index (χ4n) is 2.60. The van der Waals surface area contributed by atoms with E-state index in [0.29, 0.717) is 0 Å². The summed E-state index contributed by atoms with van der Waals surface area (Å²) in [6, 6.07) is 3.82. The van der Waals surface area contributed by atoms with Gasteiger partial charge in [0.15, 0.2) is 5.82 Å². The number of likely N-dealkylation sites (tertiary alicyclic amines) is 1. The number of nitrogens with zero attached hydrogens (tertiary/aromatic N) is 4. The first-order valence-electron chi connectivity index (χ1n) is 7.31. The van der Waals surface area contributed by atoms with Gasteiger partial charge in [-0.1, -0.05) is 0 Å². The van der Waals surface area contributed by atoms with Crippen LogP contribution in [0.2, 0.25) is 0 Å². The Bertz CT molecular complexity index is 493. The zero-order chi connectivity index (χ0) is 15.6. The van der Waals surface area contributed by atoms with Crippen LogP contribution in [0.25, 0.3) is 0 Å². The lowest BCUT2D eigenvalue weighted by atomic mass is 10.0. The molecule has 1 saturated heterocycles. The van der Waals surface area contributed by atoms with Crippen molar-refractivity contribution in [3.8, 4) is 0 Å². The summed E-state index contributed by atoms with van der Waals surface area (Å²) in [7, 11) is 3.83. The Morgan fingerprint density at radius 3 is 2.67 bits per heavy atom. The summed E-state index contributed by atoms with van der Waals surface area (Å²) in [6.07, 6.45) is 1.99. The van der Waals surface area contributed by atoms with E-state index >= 15 is 0 Å². The van der Waals surface area contributed by atoms with Gasteiger partial charge in [-0.15, -0.1) is 5.10 Å². The normalized spacial score (nSPS) is 18.9. The van der Waals surface area contributed by atoms with E-state index in [9.17, 15) is 9.90 Å². The molecule has 1 atom stereocenters. The van der Waals surface area contributed by atoms with Crippen molar-refractivity contribution in [2.45, 2.75) is 44.8 Å². The molecule has 6 nitrogen and oxygen atoms in total. The Kier molecular flexibility index (Phi) is 4.46. The van der Waals surface area contributed by atoms with Crippen LogP contribution in [0.3, 0.4) is 0 Å². The average molecular weight is 292 g/mol. The molecule has 1 aromatic heterocycles. The molecule has 1 aliphatic rings. The number of rotatable bonds is 4. The van der Waals surface area contributed by atoms with Crippen molar-refractivity contribution >= 4 is 11.7 Å². The summed E-state index contributed by atoms with van der Waals surface area (Å²) < 4.78 is 0. The molecule has 2 heterocycles. The van der Waals surface area contributed by atoms with Crippen molar-refractivity contribution < 1.29 is 9.90 Å². The summed E-state index contributed by atoms with van der Waals surface area (Å²) in [5.41, 5.74) is -0.160. The molecule has 0 aromatic carbocycles. The molecule has 6 heteroatoms. The number of hydrogen-bond donors (Lipinski definition) is 1. The molecule has 1 N–H and O–H groups in total. The van der Waals surface area contributed by atoms with Crippen molar-refractivity contribution in [3.63, 3.8) is 0 Å². The van der Waals surface area contributed by atoms with Crippen molar-refractivity contribution in [1.82, 2.24) is 15.1 Å². The van der Waals surface area contributed by atoms with Gasteiger partial charge in [0.25, 0.3) is 0 Å². The first-order valence-corrected chi connectivity index (χ1v) is 7.31. The maximum absolute atomic E-state index is 12.3. The molecule has 0 spiro atoms. The topological polar surface area (TPSA) is 69.6 Å². The van der Waals surface area contributed by atoms with Crippen LogP contribution in [0.5, 0.6) is 0 Å². The molecule has 2 rings (SSSR count). The molecule has 1 aliphatic heterocycles. The largest absolute Gasteiger partial charge is 0.390 e. The van der Waals surface area contributed by atoms with Gasteiger partial charge in [-0.25, -0.2) is 0 Å². The van der Waals surface area contributed by atoms with Crippen LogP contribution >= 0.6 is 0 Å². The highest BCUT2D eigenvalue weighted by molar-refractivity contribution is 5.78. The predicted octanol–water partition coefficient (Wildman–Crippen LogP) is 1.37. The van der Waals surface area contributed by atoms with Crippen LogP contribution in [0.15, 0.2) is 12.1 Å². The van der Waals surface area contributed by atoms with Gasteiger partial charge in [0.1, 0.15) is 0 Å². The monoisotopic (exact) mass is 292 g/mol. The zero-order valence-corrected chi connectivity index (χ0v) is 13.2. The molecule has 0 saturated carbocycles. The Hall–Kier alpha value is -1.69. The van der Waals surface area contributed by atoms with Crippen molar-refractivity contribution in [2.24, 2.45) is 0 Å². The van der Waals surface area contributed by atoms with Gasteiger partial charge in [0.05, 0.1) is 23.8 Å². The predicted molar refractivity (Wildman–Crippen MR) is 81.0 cm³/mol. The Morgan fingerprint density at radius 1 is 1.43 bits per heavy atom. The summed E-state index contributed by atoms with van der Waals surface area (Å²) in [4.78, 5) is 16.0. The first kappa shape index (κ1) is 15.7. The van der Waals surface area contributed by atoms with E-state index in [1.165, 1.54) is 0 Å². The maximum Gasteiger partial charge on any atom is 0.226 e. The molecule has 1 amide bonds. The molecule has 0 bridgehead atoms. The van der Waals surface area contributed by atoms with E-state index in [0.717, 1.165) is 30.9 Å². The first-order chi connectivity index (χ1) is 9.78. The van der Waals surface area contributed by atoms with Gasteiger partial charge in [-0.2, -0.15) is 5.10 Å². The summed E-state index contributed by atoms with van der Waals surface area (Å²) in [6.45, 7) is 4.03. The highest BCUT2D eigenvalue weighted by atomic mass is 16.3. The van der Waals surface area contributed by atoms with Gasteiger partial charge < -0.3 is 14.9 Å². The Morgan fingerprint density at radius 2 is 2.14 bits per heavy atom. The standard InChI is InChI=1S/C15H24N4O2/c1-15(2,21)10-14(20)19-9-5-6-12(19)11-7-8-13(17-16-11)18(3)4/h7-8,12,21H,5-6,9-10H2,1-4H3. The van der Waals surface area contributed by atoms with Crippen LogP contribution in [-0.4, -0.2) is 52.4 Å². The summed E-state index contributed by atoms with van der Waals surface area (Å²) >= 11 is 0. The summed E-state index contributed by atoms with van der Waals surface area (Å²) in [5, 5.41) is 18.3. The fourth-order valence-corrected chi connectivity index (χ4v) is 2.60. The Balaban J connectivity index is 2.13. The lowest BCUT2D eigenvalue weighted by Gasteiger charge is -2.27. The fraction of sp³-hybridized carbons (Fsp3) is 0.667. The van der Waals surface area contributed by atoms with Gasteiger partial charge >= 0.3 is 0 Å². The van der Waals surface area contributed by atoms with E-state index in [1.807, 2.05) is 36.0 Å². The third-order valence-electron chi connectivity index (χ3n) is 3.63. The van der Waals surface area contributed by atoms with Gasteiger partial charge in [0, 0.05) is 20.6 Å². The molecule has 1 unspecified atom stereocenters. The van der Waals surface area contributed by atoms with Crippen LogP contribution in [0.4, 0.5) is 5.82 Å². The second-order valence-electron chi connectivity index (χ2n) is 6.45. The minimum Gasteiger partial charge on any atom is -0.390 e. The Labute approximate surface area is 125 Å². The molecular formula is C15H24N4O2. The molecule has 0 aliphatic carbocycles. The van der Waals surface area contributed by atoms with Gasteiger partial charge in [-0.3, -0.25) is 4.79 Å². The smallest absolute Gasteiger partial charge is 0.226 e.